The molecule has 0 spiro atoms. The van der Waals surface area contributed by atoms with Gasteiger partial charge in [0.2, 0.25) is 11.8 Å². The highest BCUT2D eigenvalue weighted by molar-refractivity contribution is 7.82. The average Bonchev–Trinajstić information content (AvgIpc) is 2.69. The van der Waals surface area contributed by atoms with E-state index in [0.717, 1.165) is 13.0 Å². The van der Waals surface area contributed by atoms with Crippen molar-refractivity contribution in [2.24, 2.45) is 5.14 Å². The van der Waals surface area contributed by atoms with Crippen molar-refractivity contribution in [3.8, 4) is 11.6 Å². The Kier molecular flexibility index (Phi) is 6.50. The molecule has 0 aliphatic heterocycles. The summed E-state index contributed by atoms with van der Waals surface area (Å²) in [7, 11) is -1.94. The Bertz CT molecular complexity index is 1220. The third-order valence-electron chi connectivity index (χ3n) is 4.25. The number of aromatic nitrogens is 3. The summed E-state index contributed by atoms with van der Waals surface area (Å²) in [5.74, 6) is -2.21. The summed E-state index contributed by atoms with van der Waals surface area (Å²) >= 11 is 0. The topological polar surface area (TPSA) is 120 Å². The number of nitrogens with two attached hydrogens (primary N) is 1. The number of nitrogens with one attached hydrogen (secondary N) is 1. The summed E-state index contributed by atoms with van der Waals surface area (Å²) in [6.07, 6.45) is -3.02. The van der Waals surface area contributed by atoms with Crippen LogP contribution in [0.3, 0.4) is 0 Å². The van der Waals surface area contributed by atoms with Gasteiger partial charge >= 0.3 is 6.18 Å². The molecule has 0 saturated carbocycles. The Morgan fingerprint density at radius 2 is 1.91 bits per heavy atom. The first-order valence-corrected chi connectivity index (χ1v) is 10.00. The molecule has 3 aromatic rings. The van der Waals surface area contributed by atoms with Crippen molar-refractivity contribution < 1.29 is 31.3 Å². The summed E-state index contributed by atoms with van der Waals surface area (Å²) < 4.78 is 70.4. The number of ether oxygens (including phenoxy) is 1. The number of anilines is 1. The van der Waals surface area contributed by atoms with Gasteiger partial charge in [-0.15, -0.1) is 0 Å². The van der Waals surface area contributed by atoms with E-state index in [1.807, 2.05) is 0 Å². The van der Waals surface area contributed by atoms with Crippen molar-refractivity contribution in [2.75, 3.05) is 5.32 Å². The Morgan fingerprint density at radius 3 is 2.53 bits per heavy atom. The third kappa shape index (κ3) is 5.06. The molecule has 3 rings (SSSR count). The molecule has 3 aromatic heterocycles. The largest absolute Gasteiger partial charge is 0.436 e. The van der Waals surface area contributed by atoms with Gasteiger partial charge < -0.3 is 10.1 Å². The maximum Gasteiger partial charge on any atom is 0.418 e. The van der Waals surface area contributed by atoms with E-state index in [1.165, 1.54) is 31.3 Å². The molecule has 0 fully saturated rings. The van der Waals surface area contributed by atoms with Gasteiger partial charge in [0.1, 0.15) is 21.6 Å². The average molecular weight is 469 g/mol. The molecule has 0 radical (unpaired) electrons. The first-order chi connectivity index (χ1) is 15.0. The van der Waals surface area contributed by atoms with Crippen molar-refractivity contribution in [3.05, 3.63) is 65.0 Å². The number of nitrogens with zero attached hydrogens (tertiary/aromatic N) is 3. The summed E-state index contributed by atoms with van der Waals surface area (Å²) in [6, 6.07) is 4.74. The number of hydrogen-bond acceptors (Lipinski definition) is 6. The Balaban J connectivity index is 2.07. The van der Waals surface area contributed by atoms with Crippen LogP contribution < -0.4 is 15.2 Å². The second-order valence-electron chi connectivity index (χ2n) is 6.43. The van der Waals surface area contributed by atoms with E-state index in [9.17, 15) is 26.6 Å². The monoisotopic (exact) mass is 469 g/mol. The molecule has 0 bridgehead atoms. The van der Waals surface area contributed by atoms with Gasteiger partial charge in [0.05, 0.1) is 11.3 Å². The van der Waals surface area contributed by atoms with Gasteiger partial charge in [-0.1, -0.05) is 0 Å². The molecule has 1 atom stereocenters. The molecular formula is C19H15F4N5O3S. The van der Waals surface area contributed by atoms with Crippen LogP contribution in [0.2, 0.25) is 0 Å². The maximum atomic E-state index is 13.4. The molecule has 0 aliphatic rings. The molecular weight excluding hydrogens is 454 g/mol. The van der Waals surface area contributed by atoms with Gasteiger partial charge in [0, 0.05) is 18.1 Å². The van der Waals surface area contributed by atoms with Gasteiger partial charge in [-0.2, -0.15) is 17.6 Å². The van der Waals surface area contributed by atoms with Crippen LogP contribution in [0.25, 0.3) is 0 Å². The first kappa shape index (κ1) is 23.2. The number of amides is 1. The highest BCUT2D eigenvalue weighted by Gasteiger charge is 2.36. The summed E-state index contributed by atoms with van der Waals surface area (Å²) in [5.41, 5.74) is -1.90. The number of alkyl halides is 3. The number of halogens is 4. The molecule has 0 aliphatic carbocycles. The zero-order chi connectivity index (χ0) is 23.6. The molecule has 3 N–H and O–H groups in total. The van der Waals surface area contributed by atoms with E-state index >= 15 is 0 Å². The first-order valence-electron chi connectivity index (χ1n) is 8.78. The number of pyridine rings is 3. The zero-order valence-electron chi connectivity index (χ0n) is 16.5. The van der Waals surface area contributed by atoms with Crippen LogP contribution in [-0.4, -0.2) is 25.1 Å². The second-order valence-corrected chi connectivity index (χ2v) is 7.44. The van der Waals surface area contributed by atoms with Gasteiger partial charge in [-0.3, -0.25) is 4.79 Å². The van der Waals surface area contributed by atoms with Crippen molar-refractivity contribution in [2.45, 2.75) is 25.0 Å². The Morgan fingerprint density at radius 1 is 1.19 bits per heavy atom. The molecule has 1 amide bonds. The number of aryl methyl sites for hydroxylation is 1. The summed E-state index contributed by atoms with van der Waals surface area (Å²) in [5, 5.41) is 7.60. The van der Waals surface area contributed by atoms with E-state index < -0.39 is 51.6 Å². The number of hydrogen-bond donors (Lipinski definition) is 2. The molecule has 0 saturated heterocycles. The molecule has 0 aromatic carbocycles. The summed E-state index contributed by atoms with van der Waals surface area (Å²) in [6.45, 7) is 2.51. The minimum atomic E-state index is -4.78. The SMILES string of the molecule is Cc1nc(F)ccc1Oc1ncc(C(F)(F)F)c(C)c1C(=O)Nc1ccnc([S@](N)=O)c1. The smallest absolute Gasteiger partial charge is 0.418 e. The van der Waals surface area contributed by atoms with E-state index in [1.54, 1.807) is 0 Å². The lowest BCUT2D eigenvalue weighted by molar-refractivity contribution is -0.138. The van der Waals surface area contributed by atoms with Gasteiger partial charge in [0.15, 0.2) is 5.75 Å². The molecule has 13 heteroatoms. The second kappa shape index (κ2) is 8.96. The molecule has 168 valence electrons. The van der Waals surface area contributed by atoms with Crippen molar-refractivity contribution in [1.29, 1.82) is 0 Å². The Labute approximate surface area is 181 Å². The maximum absolute atomic E-state index is 13.4. The molecule has 8 nitrogen and oxygen atoms in total. The number of carbonyl (C=O) groups excluding carboxylic acids is 1. The fourth-order valence-electron chi connectivity index (χ4n) is 2.73. The predicted octanol–water partition coefficient (Wildman–Crippen LogP) is 3.67. The normalized spacial score (nSPS) is 12.3. The minimum absolute atomic E-state index is 0.00293. The van der Waals surface area contributed by atoms with Crippen LogP contribution in [0, 0.1) is 19.8 Å². The lowest BCUT2D eigenvalue weighted by atomic mass is 10.0. The lowest BCUT2D eigenvalue weighted by Gasteiger charge is -2.17. The van der Waals surface area contributed by atoms with E-state index in [0.29, 0.717) is 6.20 Å². The van der Waals surface area contributed by atoms with Crippen molar-refractivity contribution in [1.82, 2.24) is 15.0 Å². The van der Waals surface area contributed by atoms with Crippen molar-refractivity contribution in [3.63, 3.8) is 0 Å². The van der Waals surface area contributed by atoms with Crippen molar-refractivity contribution >= 4 is 22.6 Å². The predicted molar refractivity (Wildman–Crippen MR) is 106 cm³/mol. The molecule has 32 heavy (non-hydrogen) atoms. The minimum Gasteiger partial charge on any atom is -0.436 e. The van der Waals surface area contributed by atoms with Crippen LogP contribution in [0.4, 0.5) is 23.2 Å². The quantitative estimate of drug-likeness (QED) is 0.435. The van der Waals surface area contributed by atoms with E-state index in [-0.39, 0.29) is 22.2 Å². The van der Waals surface area contributed by atoms with Crippen LogP contribution in [-0.2, 0) is 17.2 Å². The van der Waals surface area contributed by atoms with E-state index in [4.69, 9.17) is 9.88 Å². The molecule has 3 heterocycles. The standard InChI is InChI=1S/C19H15F4N5O3S/c1-9-12(19(21,22)23)8-26-18(31-13-3-4-14(20)27-10(13)2)16(9)17(29)28-11-5-6-25-15(7-11)32(24)30/h3-8H,24H2,1-2H3,(H,25,28,29)/t32-/m1/s1. The van der Waals surface area contributed by atoms with Gasteiger partial charge in [0.25, 0.3) is 5.91 Å². The zero-order valence-corrected chi connectivity index (χ0v) is 17.3. The molecule has 0 unspecified atom stereocenters. The highest BCUT2D eigenvalue weighted by Crippen LogP contribution is 2.36. The lowest BCUT2D eigenvalue weighted by Crippen LogP contribution is -2.19. The fraction of sp³-hybridized carbons (Fsp3) is 0.158. The summed E-state index contributed by atoms with van der Waals surface area (Å²) in [4.78, 5) is 24.0. The fourth-order valence-corrected chi connectivity index (χ4v) is 3.14. The third-order valence-corrected chi connectivity index (χ3v) is 4.88. The number of rotatable bonds is 5. The van der Waals surface area contributed by atoms with Crippen LogP contribution in [0.15, 0.2) is 41.7 Å². The Hall–Kier alpha value is -3.45. The number of carbonyl (C=O) groups is 1. The van der Waals surface area contributed by atoms with Gasteiger partial charge in [-0.05, 0) is 43.7 Å². The van der Waals surface area contributed by atoms with E-state index in [2.05, 4.69) is 20.3 Å². The van der Waals surface area contributed by atoms with Crippen LogP contribution in [0.1, 0.15) is 27.2 Å². The van der Waals surface area contributed by atoms with Crippen LogP contribution in [0.5, 0.6) is 11.6 Å². The van der Waals surface area contributed by atoms with Crippen LogP contribution >= 0.6 is 0 Å². The van der Waals surface area contributed by atoms with Gasteiger partial charge in [-0.25, -0.2) is 24.3 Å². The highest BCUT2D eigenvalue weighted by atomic mass is 32.2.